The van der Waals surface area contributed by atoms with Gasteiger partial charge in [0, 0.05) is 18.3 Å². The topological polar surface area (TPSA) is 68.4 Å². The summed E-state index contributed by atoms with van der Waals surface area (Å²) < 4.78 is 0.622. The number of rotatable bonds is 4. The third-order valence-corrected chi connectivity index (χ3v) is 1.74. The zero-order valence-electron chi connectivity index (χ0n) is 8.51. The smallest absolute Gasteiger partial charge is 0.271 e. The molecule has 0 saturated heterocycles. The number of unbranched alkanes of at least 4 members (excludes halogenated alkanes) is 1. The van der Waals surface area contributed by atoms with Crippen LogP contribution in [0.25, 0.3) is 0 Å². The Morgan fingerprint density at radius 3 is 2.87 bits per heavy atom. The number of nitrogens with one attached hydrogen (secondary N) is 1. The molecule has 1 heterocycles. The van der Waals surface area contributed by atoms with Crippen LogP contribution >= 0.6 is 0 Å². The van der Waals surface area contributed by atoms with Crippen molar-refractivity contribution in [3.8, 4) is 0 Å². The van der Waals surface area contributed by atoms with E-state index in [9.17, 15) is 10.0 Å². The van der Waals surface area contributed by atoms with Crippen LogP contribution in [0.15, 0.2) is 29.6 Å². The monoisotopic (exact) mass is 207 g/mol. The van der Waals surface area contributed by atoms with Crippen LogP contribution in [0, 0.1) is 5.21 Å². The van der Waals surface area contributed by atoms with E-state index in [2.05, 4.69) is 10.5 Å². The lowest BCUT2D eigenvalue weighted by Gasteiger charge is -1.99. The Morgan fingerprint density at radius 2 is 2.27 bits per heavy atom. The second-order valence-corrected chi connectivity index (χ2v) is 2.99. The largest absolute Gasteiger partial charge is 0.619 e. The Balaban J connectivity index is 2.50. The molecule has 15 heavy (non-hydrogen) atoms. The summed E-state index contributed by atoms with van der Waals surface area (Å²) in [5.74, 6) is -0.317. The fourth-order valence-corrected chi connectivity index (χ4v) is 0.927. The van der Waals surface area contributed by atoms with Gasteiger partial charge >= 0.3 is 0 Å². The molecule has 0 unspecified atom stereocenters. The molecule has 0 aliphatic carbocycles. The Hall–Kier alpha value is -1.91. The zero-order chi connectivity index (χ0) is 11.1. The van der Waals surface area contributed by atoms with E-state index in [4.69, 9.17) is 0 Å². The van der Waals surface area contributed by atoms with E-state index in [1.165, 1.54) is 24.5 Å². The van der Waals surface area contributed by atoms with Crippen LogP contribution in [0.2, 0.25) is 0 Å². The van der Waals surface area contributed by atoms with Gasteiger partial charge in [-0.3, -0.25) is 4.79 Å². The van der Waals surface area contributed by atoms with Crippen molar-refractivity contribution < 1.29 is 9.52 Å². The molecule has 0 aromatic carbocycles. The molecule has 0 aliphatic rings. The summed E-state index contributed by atoms with van der Waals surface area (Å²) >= 11 is 0. The number of hydrogen-bond acceptors (Lipinski definition) is 3. The summed E-state index contributed by atoms with van der Waals surface area (Å²) in [6, 6.07) is 2.88. The molecule has 1 aromatic heterocycles. The Labute approximate surface area is 88.0 Å². The number of carbonyl (C=O) groups excluding carboxylic acids is 1. The van der Waals surface area contributed by atoms with Crippen molar-refractivity contribution >= 4 is 12.1 Å². The van der Waals surface area contributed by atoms with Crippen molar-refractivity contribution in [2.24, 2.45) is 5.10 Å². The fraction of sp³-hybridized carbons (Fsp3) is 0.300. The third-order valence-electron chi connectivity index (χ3n) is 1.74. The molecule has 1 aromatic rings. The van der Waals surface area contributed by atoms with Crippen molar-refractivity contribution in [2.75, 3.05) is 0 Å². The molecule has 1 N–H and O–H groups in total. The summed E-state index contributed by atoms with van der Waals surface area (Å²) in [7, 11) is 0. The van der Waals surface area contributed by atoms with E-state index in [-0.39, 0.29) is 5.91 Å². The quantitative estimate of drug-likeness (QED) is 0.344. The molecular weight excluding hydrogens is 194 g/mol. The number of pyridine rings is 1. The average Bonchev–Trinajstić information content (AvgIpc) is 2.25. The predicted octanol–water partition coefficient (Wildman–Crippen LogP) is 0.836. The number of hydrogen-bond donors (Lipinski definition) is 1. The van der Waals surface area contributed by atoms with Crippen LogP contribution in [0.5, 0.6) is 0 Å². The number of hydrazone groups is 1. The SMILES string of the molecule is CCC/C=N/NC(=O)c1cc[n+]([O-])cc1. The van der Waals surface area contributed by atoms with E-state index in [1.807, 2.05) is 6.92 Å². The molecular formula is C10H13N3O2. The fourth-order valence-electron chi connectivity index (χ4n) is 0.927. The van der Waals surface area contributed by atoms with Gasteiger partial charge in [0.15, 0.2) is 12.4 Å². The molecule has 0 atom stereocenters. The first kappa shape index (κ1) is 11.2. The van der Waals surface area contributed by atoms with Gasteiger partial charge in [-0.15, -0.1) is 0 Å². The zero-order valence-corrected chi connectivity index (χ0v) is 8.51. The number of amides is 1. The van der Waals surface area contributed by atoms with Gasteiger partial charge in [0.25, 0.3) is 5.91 Å². The van der Waals surface area contributed by atoms with Gasteiger partial charge in [-0.25, -0.2) is 5.43 Å². The molecule has 0 aliphatic heterocycles. The molecule has 1 amide bonds. The lowest BCUT2D eigenvalue weighted by molar-refractivity contribution is -0.605. The highest BCUT2D eigenvalue weighted by molar-refractivity contribution is 5.94. The van der Waals surface area contributed by atoms with Crippen LogP contribution in [-0.2, 0) is 0 Å². The van der Waals surface area contributed by atoms with Gasteiger partial charge < -0.3 is 5.21 Å². The number of nitrogens with zero attached hydrogens (tertiary/aromatic N) is 2. The van der Waals surface area contributed by atoms with Crippen molar-refractivity contribution in [3.05, 3.63) is 35.3 Å². The first-order valence-corrected chi connectivity index (χ1v) is 4.74. The minimum atomic E-state index is -0.317. The first-order chi connectivity index (χ1) is 7.24. The minimum Gasteiger partial charge on any atom is -0.619 e. The maximum absolute atomic E-state index is 11.4. The summed E-state index contributed by atoms with van der Waals surface area (Å²) in [6.07, 6.45) is 6.00. The minimum absolute atomic E-state index is 0.317. The van der Waals surface area contributed by atoms with Gasteiger partial charge in [-0.2, -0.15) is 9.83 Å². The van der Waals surface area contributed by atoms with Crippen LogP contribution in [0.1, 0.15) is 30.1 Å². The van der Waals surface area contributed by atoms with Crippen LogP contribution in [-0.4, -0.2) is 12.1 Å². The standard InChI is InChI=1S/C10H13N3O2/c1-2-3-6-11-12-10(14)9-4-7-13(15)8-5-9/h4-8H,2-3H2,1H3,(H,12,14)/b11-6+. The molecule has 0 saturated carbocycles. The lowest BCUT2D eigenvalue weighted by Crippen LogP contribution is -2.26. The highest BCUT2D eigenvalue weighted by atomic mass is 16.5. The molecule has 0 fully saturated rings. The van der Waals surface area contributed by atoms with Gasteiger partial charge in [0.05, 0.1) is 5.56 Å². The summed E-state index contributed by atoms with van der Waals surface area (Å²) in [6.45, 7) is 2.03. The molecule has 5 nitrogen and oxygen atoms in total. The van der Waals surface area contributed by atoms with Crippen LogP contribution in [0.4, 0.5) is 0 Å². The Kier molecular flexibility index (Phi) is 4.28. The number of aromatic nitrogens is 1. The van der Waals surface area contributed by atoms with Crippen molar-refractivity contribution in [1.29, 1.82) is 0 Å². The van der Waals surface area contributed by atoms with Gasteiger partial charge in [0.2, 0.25) is 0 Å². The van der Waals surface area contributed by atoms with Gasteiger partial charge in [0.1, 0.15) is 0 Å². The third kappa shape index (κ3) is 3.76. The van der Waals surface area contributed by atoms with E-state index >= 15 is 0 Å². The molecule has 0 spiro atoms. The van der Waals surface area contributed by atoms with Gasteiger partial charge in [-0.05, 0) is 6.42 Å². The second kappa shape index (κ2) is 5.74. The summed E-state index contributed by atoms with van der Waals surface area (Å²) in [5.41, 5.74) is 2.79. The molecule has 1 rings (SSSR count). The van der Waals surface area contributed by atoms with Crippen molar-refractivity contribution in [2.45, 2.75) is 19.8 Å². The van der Waals surface area contributed by atoms with Crippen LogP contribution in [0.3, 0.4) is 0 Å². The second-order valence-electron chi connectivity index (χ2n) is 2.99. The van der Waals surface area contributed by atoms with Crippen molar-refractivity contribution in [3.63, 3.8) is 0 Å². The van der Waals surface area contributed by atoms with E-state index < -0.39 is 0 Å². The highest BCUT2D eigenvalue weighted by Crippen LogP contribution is 1.94. The van der Waals surface area contributed by atoms with Crippen LogP contribution < -0.4 is 10.2 Å². The van der Waals surface area contributed by atoms with E-state index in [0.29, 0.717) is 10.3 Å². The maximum atomic E-state index is 11.4. The predicted molar refractivity (Wildman–Crippen MR) is 56.3 cm³/mol. The Bertz CT molecular complexity index is 346. The average molecular weight is 207 g/mol. The van der Waals surface area contributed by atoms with E-state index in [0.717, 1.165) is 12.8 Å². The first-order valence-electron chi connectivity index (χ1n) is 4.74. The number of carbonyl (C=O) groups is 1. The lowest BCUT2D eigenvalue weighted by atomic mass is 10.2. The molecule has 80 valence electrons. The summed E-state index contributed by atoms with van der Waals surface area (Å²) in [5, 5.41) is 14.4. The summed E-state index contributed by atoms with van der Waals surface area (Å²) in [4.78, 5) is 11.4. The Morgan fingerprint density at radius 1 is 1.60 bits per heavy atom. The normalized spacial score (nSPS) is 10.5. The van der Waals surface area contributed by atoms with Gasteiger partial charge in [-0.1, -0.05) is 13.3 Å². The molecule has 0 bridgehead atoms. The maximum Gasteiger partial charge on any atom is 0.271 e. The highest BCUT2D eigenvalue weighted by Gasteiger charge is 2.04. The van der Waals surface area contributed by atoms with E-state index in [1.54, 1.807) is 6.21 Å². The molecule has 5 heteroatoms. The van der Waals surface area contributed by atoms with Crippen molar-refractivity contribution in [1.82, 2.24) is 5.43 Å². The molecule has 0 radical (unpaired) electrons.